The van der Waals surface area contributed by atoms with Crippen LogP contribution < -0.4 is 10.9 Å². The molecule has 4 rings (SSSR count). The maximum atomic E-state index is 13.4. The zero-order chi connectivity index (χ0) is 27.3. The van der Waals surface area contributed by atoms with Gasteiger partial charge >= 0.3 is 11.9 Å². The Hall–Kier alpha value is -3.68. The molecule has 0 spiro atoms. The van der Waals surface area contributed by atoms with Gasteiger partial charge in [0.2, 0.25) is 0 Å². The van der Waals surface area contributed by atoms with E-state index in [0.717, 1.165) is 29.5 Å². The summed E-state index contributed by atoms with van der Waals surface area (Å²) in [4.78, 5) is 42.4. The molecule has 1 aromatic heterocycles. The van der Waals surface area contributed by atoms with Gasteiger partial charge in [0.05, 0.1) is 33.6 Å². The van der Waals surface area contributed by atoms with Crippen molar-refractivity contribution in [2.24, 2.45) is 5.41 Å². The quantitative estimate of drug-likeness (QED) is 0.450. The second-order valence-corrected chi connectivity index (χ2v) is 11.8. The number of benzene rings is 2. The van der Waals surface area contributed by atoms with E-state index in [1.807, 2.05) is 18.2 Å². The van der Waals surface area contributed by atoms with Gasteiger partial charge in [-0.05, 0) is 80.8 Å². The lowest BCUT2D eigenvalue weighted by Gasteiger charge is -2.27. The van der Waals surface area contributed by atoms with E-state index in [2.05, 4.69) is 31.1 Å². The summed E-state index contributed by atoms with van der Waals surface area (Å²) < 4.78 is 6.76. The van der Waals surface area contributed by atoms with Crippen LogP contribution in [0.15, 0.2) is 35.1 Å². The minimum atomic E-state index is -0.988. The SMILES string of the molecule is Cc1nc2cc3c(cc2c(=O)n1COC(=O)C(C)(C)C)C(Nc1c(C(=O)O)cccc1C(C)(C)C)CC3. The second kappa shape index (κ2) is 9.32. The van der Waals surface area contributed by atoms with Crippen LogP contribution in [0, 0.1) is 12.3 Å². The van der Waals surface area contributed by atoms with E-state index in [-0.39, 0.29) is 29.3 Å². The highest BCUT2D eigenvalue weighted by Gasteiger charge is 2.29. The molecule has 0 aliphatic heterocycles. The zero-order valence-corrected chi connectivity index (χ0v) is 22.6. The van der Waals surface area contributed by atoms with Crippen LogP contribution >= 0.6 is 0 Å². The molecule has 0 amide bonds. The lowest BCUT2D eigenvalue weighted by molar-refractivity contribution is -0.157. The van der Waals surface area contributed by atoms with E-state index in [4.69, 9.17) is 4.74 Å². The molecule has 0 saturated carbocycles. The molecule has 1 unspecified atom stereocenters. The van der Waals surface area contributed by atoms with Crippen LogP contribution in [0.2, 0.25) is 0 Å². The maximum Gasteiger partial charge on any atom is 0.337 e. The summed E-state index contributed by atoms with van der Waals surface area (Å²) in [6.07, 6.45) is 1.55. The molecule has 37 heavy (non-hydrogen) atoms. The average molecular weight is 506 g/mol. The molecule has 196 valence electrons. The predicted molar refractivity (Wildman–Crippen MR) is 143 cm³/mol. The Labute approximate surface area is 216 Å². The summed E-state index contributed by atoms with van der Waals surface area (Å²) in [5.41, 5.74) is 3.16. The first-order valence-corrected chi connectivity index (χ1v) is 12.5. The normalized spacial score (nSPS) is 15.5. The van der Waals surface area contributed by atoms with E-state index < -0.39 is 17.4 Å². The Morgan fingerprint density at radius 3 is 2.49 bits per heavy atom. The largest absolute Gasteiger partial charge is 0.478 e. The average Bonchev–Trinajstić information content (AvgIpc) is 3.17. The van der Waals surface area contributed by atoms with Gasteiger partial charge in [0.1, 0.15) is 5.82 Å². The Kier molecular flexibility index (Phi) is 6.65. The van der Waals surface area contributed by atoms with Crippen LogP contribution in [0.25, 0.3) is 10.9 Å². The van der Waals surface area contributed by atoms with Gasteiger partial charge in [0.15, 0.2) is 6.73 Å². The third-order valence-electron chi connectivity index (χ3n) is 6.84. The topological polar surface area (TPSA) is 111 Å². The highest BCUT2D eigenvalue weighted by Crippen LogP contribution is 2.40. The second-order valence-electron chi connectivity index (χ2n) is 11.8. The van der Waals surface area contributed by atoms with Crippen LogP contribution in [0.1, 0.15) is 86.9 Å². The van der Waals surface area contributed by atoms with Crippen LogP contribution in [-0.4, -0.2) is 26.6 Å². The third kappa shape index (κ3) is 5.10. The molecule has 0 radical (unpaired) electrons. The summed E-state index contributed by atoms with van der Waals surface area (Å²) >= 11 is 0. The van der Waals surface area contributed by atoms with Crippen LogP contribution in [0.5, 0.6) is 0 Å². The lowest BCUT2D eigenvalue weighted by atomic mass is 9.84. The molecule has 3 aromatic rings. The number of nitrogens with zero attached hydrogens (tertiary/aromatic N) is 2. The molecular formula is C29H35N3O5. The number of aromatic nitrogens is 2. The van der Waals surface area contributed by atoms with Crippen molar-refractivity contribution >= 4 is 28.5 Å². The van der Waals surface area contributed by atoms with Crippen molar-refractivity contribution in [1.29, 1.82) is 0 Å². The van der Waals surface area contributed by atoms with Crippen molar-refractivity contribution in [2.45, 2.75) is 79.5 Å². The monoisotopic (exact) mass is 505 g/mol. The standard InChI is InChI=1S/C29H35N3O5/c1-16-30-23-13-17-11-12-22(31-24-18(26(34)35)9-8-10-21(24)28(2,3)4)19(17)14-20(23)25(33)32(16)15-37-27(36)29(5,6)7/h8-10,13-14,22,31H,11-12,15H2,1-7H3,(H,34,35). The lowest BCUT2D eigenvalue weighted by Crippen LogP contribution is -2.30. The van der Waals surface area contributed by atoms with Gasteiger partial charge in [-0.25, -0.2) is 9.78 Å². The number of nitrogens with one attached hydrogen (secondary N) is 1. The molecule has 8 nitrogen and oxygen atoms in total. The number of aromatic carboxylic acids is 1. The number of carbonyl (C=O) groups is 2. The van der Waals surface area contributed by atoms with E-state index in [0.29, 0.717) is 22.4 Å². The minimum absolute atomic E-state index is 0.158. The fraction of sp³-hybridized carbons (Fsp3) is 0.448. The number of para-hydroxylation sites is 1. The van der Waals surface area contributed by atoms with E-state index in [1.165, 1.54) is 4.57 Å². The van der Waals surface area contributed by atoms with Gasteiger partial charge in [0.25, 0.3) is 5.56 Å². The molecule has 1 atom stereocenters. The Bertz CT molecular complexity index is 1460. The van der Waals surface area contributed by atoms with E-state index >= 15 is 0 Å². The van der Waals surface area contributed by atoms with Crippen molar-refractivity contribution in [3.05, 3.63) is 68.8 Å². The first-order valence-electron chi connectivity index (χ1n) is 12.5. The van der Waals surface area contributed by atoms with Crippen molar-refractivity contribution in [1.82, 2.24) is 9.55 Å². The molecule has 2 aromatic carbocycles. The molecule has 1 aliphatic carbocycles. The Morgan fingerprint density at radius 2 is 1.86 bits per heavy atom. The number of ether oxygens (including phenoxy) is 1. The molecule has 0 fully saturated rings. The summed E-state index contributed by atoms with van der Waals surface area (Å²) in [6, 6.07) is 8.98. The van der Waals surface area contributed by atoms with Gasteiger partial charge in [0, 0.05) is 0 Å². The number of hydrogen-bond donors (Lipinski definition) is 2. The highest BCUT2D eigenvalue weighted by molar-refractivity contribution is 5.95. The van der Waals surface area contributed by atoms with Gasteiger partial charge in [-0.1, -0.05) is 32.9 Å². The summed E-state index contributed by atoms with van der Waals surface area (Å²) in [6.45, 7) is 13.0. The number of anilines is 1. The smallest absolute Gasteiger partial charge is 0.337 e. The number of aryl methyl sites for hydroxylation is 2. The minimum Gasteiger partial charge on any atom is -0.478 e. The van der Waals surface area contributed by atoms with Crippen LogP contribution in [-0.2, 0) is 28.1 Å². The van der Waals surface area contributed by atoms with Crippen LogP contribution in [0.3, 0.4) is 0 Å². The van der Waals surface area contributed by atoms with E-state index in [1.54, 1.807) is 39.8 Å². The zero-order valence-electron chi connectivity index (χ0n) is 22.6. The van der Waals surface area contributed by atoms with Gasteiger partial charge < -0.3 is 15.2 Å². The summed E-state index contributed by atoms with van der Waals surface area (Å²) in [5.74, 6) is -0.918. The van der Waals surface area contributed by atoms with E-state index in [9.17, 15) is 19.5 Å². The number of carboxylic acids is 1. The summed E-state index contributed by atoms with van der Waals surface area (Å²) in [5, 5.41) is 13.8. The number of esters is 1. The Morgan fingerprint density at radius 1 is 1.16 bits per heavy atom. The first kappa shape index (κ1) is 26.4. The number of carbonyl (C=O) groups excluding carboxylic acids is 1. The first-order chi connectivity index (χ1) is 17.2. The maximum absolute atomic E-state index is 13.4. The van der Waals surface area contributed by atoms with Crippen molar-refractivity contribution in [3.63, 3.8) is 0 Å². The number of rotatable bonds is 5. The molecular weight excluding hydrogens is 470 g/mol. The molecule has 0 bridgehead atoms. The third-order valence-corrected chi connectivity index (χ3v) is 6.84. The summed E-state index contributed by atoms with van der Waals surface area (Å²) in [7, 11) is 0. The van der Waals surface area contributed by atoms with Gasteiger partial charge in [-0.2, -0.15) is 0 Å². The number of carboxylic acid groups (broad SMARTS) is 1. The Balaban J connectivity index is 1.75. The molecule has 8 heteroatoms. The fourth-order valence-electron chi connectivity index (χ4n) is 4.76. The van der Waals surface area contributed by atoms with Crippen molar-refractivity contribution < 1.29 is 19.4 Å². The van der Waals surface area contributed by atoms with Gasteiger partial charge in [-0.15, -0.1) is 0 Å². The molecule has 2 N–H and O–H groups in total. The molecule has 1 aliphatic rings. The predicted octanol–water partition coefficient (Wildman–Crippen LogP) is 5.35. The fourth-order valence-corrected chi connectivity index (χ4v) is 4.76. The van der Waals surface area contributed by atoms with Crippen molar-refractivity contribution in [3.8, 4) is 0 Å². The highest BCUT2D eigenvalue weighted by atomic mass is 16.5. The van der Waals surface area contributed by atoms with Crippen molar-refractivity contribution in [2.75, 3.05) is 5.32 Å². The molecule has 1 heterocycles. The number of fused-ring (bicyclic) bond motifs is 2. The van der Waals surface area contributed by atoms with Gasteiger partial charge in [-0.3, -0.25) is 14.2 Å². The molecule has 0 saturated heterocycles. The van der Waals surface area contributed by atoms with Crippen LogP contribution in [0.4, 0.5) is 5.69 Å². The number of hydrogen-bond acceptors (Lipinski definition) is 6.